The molecule has 10 nitrogen and oxygen atoms in total. The van der Waals surface area contributed by atoms with Crippen molar-refractivity contribution in [3.05, 3.63) is 175 Å². The molecule has 4 heterocycles. The number of pyridine rings is 1. The first kappa shape index (κ1) is 44.6. The van der Waals surface area contributed by atoms with Gasteiger partial charge >= 0.3 is 26.4 Å². The maximum Gasteiger partial charge on any atom is 3.00 e. The molecule has 60 heavy (non-hydrogen) atoms. The van der Waals surface area contributed by atoms with Crippen molar-refractivity contribution in [2.75, 3.05) is 13.2 Å². The quantitative estimate of drug-likeness (QED) is 0.0727. The monoisotopic (exact) mass is 997 g/mol. The van der Waals surface area contributed by atoms with Crippen LogP contribution in [0.1, 0.15) is 25.0 Å². The molecule has 16 heteroatoms. The molecular weight excluding hydrogens is 960 g/mol. The molecule has 8 rings (SSSR count). The van der Waals surface area contributed by atoms with Crippen molar-refractivity contribution in [3.63, 3.8) is 0 Å². The first-order chi connectivity index (χ1) is 28.6. The van der Waals surface area contributed by atoms with Gasteiger partial charge in [0.1, 0.15) is 5.69 Å². The molecule has 0 radical (unpaired) electrons. The van der Waals surface area contributed by atoms with Crippen LogP contribution in [0.15, 0.2) is 140 Å². The Balaban J connectivity index is 0.000000173. The van der Waals surface area contributed by atoms with E-state index in [1.807, 2.05) is 84.1 Å². The zero-order chi connectivity index (χ0) is 41.6. The Morgan fingerprint density at radius 3 is 1.57 bits per heavy atom. The molecule has 0 N–H and O–H groups in total. The molecule has 0 amide bonds. The molecule has 0 fully saturated rings. The summed E-state index contributed by atoms with van der Waals surface area (Å²) < 4.78 is 77.6. The van der Waals surface area contributed by atoms with Gasteiger partial charge in [0.25, 0.3) is 0 Å². The van der Waals surface area contributed by atoms with Crippen molar-refractivity contribution in [1.82, 2.24) is 34.9 Å². The molecule has 0 aliphatic carbocycles. The molecule has 0 bridgehead atoms. The normalized spacial score (nSPS) is 10.7. The molecule has 0 saturated carbocycles. The third-order valence-corrected chi connectivity index (χ3v) is 8.19. The first-order valence-corrected chi connectivity index (χ1v) is 18.3. The number of ether oxygens (including phenoxy) is 2. The maximum atomic E-state index is 13.3. The molecule has 0 aliphatic rings. The average molecular weight is 997 g/mol. The van der Waals surface area contributed by atoms with Gasteiger partial charge < -0.3 is 9.47 Å². The summed E-state index contributed by atoms with van der Waals surface area (Å²) in [6.07, 6.45) is 1.52. The van der Waals surface area contributed by atoms with Crippen LogP contribution in [-0.4, -0.2) is 43.0 Å². The number of hydrogen-bond acceptors (Lipinski definition) is 6. The van der Waals surface area contributed by atoms with E-state index < -0.39 is 6.30 Å². The van der Waals surface area contributed by atoms with Crippen molar-refractivity contribution in [2.24, 2.45) is 0 Å². The van der Waals surface area contributed by atoms with E-state index >= 15 is 0 Å². The van der Waals surface area contributed by atoms with E-state index in [2.05, 4.69) is 61.9 Å². The van der Waals surface area contributed by atoms with Crippen molar-refractivity contribution in [3.8, 4) is 45.4 Å². The second kappa shape index (κ2) is 21.5. The SMILES string of the molecule is CCOc1cc(F)c[c-]c1-c1ccn(Cc2ccccc2)n1.CCOc1cc(F)c[c-]c1-c1ccn(Cc2ccccc2)n1.FC(F)(F)[n+]1cc(-c2ccccn2)[n-]n1.[Ir+3]. The Morgan fingerprint density at radius 1 is 0.667 bits per heavy atom. The van der Waals surface area contributed by atoms with Crippen molar-refractivity contribution in [2.45, 2.75) is 33.2 Å². The Hall–Kier alpha value is -6.51. The van der Waals surface area contributed by atoms with Gasteiger partial charge in [0.15, 0.2) is 0 Å². The van der Waals surface area contributed by atoms with Crippen LogP contribution in [-0.2, 0) is 39.5 Å². The third-order valence-electron chi connectivity index (χ3n) is 8.19. The van der Waals surface area contributed by atoms with E-state index in [0.717, 1.165) is 17.6 Å². The van der Waals surface area contributed by atoms with Crippen molar-refractivity contribution in [1.29, 1.82) is 0 Å². The molecule has 0 unspecified atom stereocenters. The second-order valence-electron chi connectivity index (χ2n) is 12.5. The van der Waals surface area contributed by atoms with Crippen molar-refractivity contribution >= 4 is 0 Å². The zero-order valence-electron chi connectivity index (χ0n) is 32.2. The summed E-state index contributed by atoms with van der Waals surface area (Å²) in [6, 6.07) is 40.0. The van der Waals surface area contributed by atoms with Gasteiger partial charge in [0.05, 0.1) is 38.2 Å². The number of hydrogen-bond donors (Lipinski definition) is 0. The van der Waals surface area contributed by atoms with Crippen LogP contribution in [0.4, 0.5) is 22.0 Å². The molecule has 0 atom stereocenters. The number of benzene rings is 4. The molecular formula is C44H37F5IrN8O2+. The van der Waals surface area contributed by atoms with Crippen LogP contribution < -0.4 is 19.3 Å². The van der Waals surface area contributed by atoms with Crippen LogP contribution in [0.25, 0.3) is 33.9 Å². The fourth-order valence-electron chi connectivity index (χ4n) is 5.57. The molecule has 0 saturated heterocycles. The minimum Gasteiger partial charge on any atom is -0.537 e. The Labute approximate surface area is 356 Å². The van der Waals surface area contributed by atoms with Gasteiger partial charge in [-0.25, -0.2) is 10.2 Å². The van der Waals surface area contributed by atoms with Gasteiger partial charge in [-0.1, -0.05) is 107 Å². The number of rotatable bonds is 11. The molecule has 308 valence electrons. The largest absolute Gasteiger partial charge is 3.00 e. The third kappa shape index (κ3) is 12.5. The van der Waals surface area contributed by atoms with Crippen LogP contribution in [0.3, 0.4) is 0 Å². The van der Waals surface area contributed by atoms with Gasteiger partial charge in [-0.05, 0) is 37.1 Å². The number of alkyl halides is 3. The first-order valence-electron chi connectivity index (χ1n) is 18.3. The fraction of sp³-hybridized carbons (Fsp3) is 0.159. The fourth-order valence-corrected chi connectivity index (χ4v) is 5.57. The minimum atomic E-state index is -4.54. The maximum absolute atomic E-state index is 13.3. The predicted octanol–water partition coefficient (Wildman–Crippen LogP) is 8.73. The second-order valence-corrected chi connectivity index (χ2v) is 12.5. The van der Waals surface area contributed by atoms with E-state index in [-0.39, 0.29) is 42.1 Å². The topological polar surface area (TPSA) is 97.9 Å². The van der Waals surface area contributed by atoms with Crippen LogP contribution in [0, 0.1) is 23.8 Å². The molecule has 4 aromatic heterocycles. The summed E-state index contributed by atoms with van der Waals surface area (Å²) in [7, 11) is 0. The summed E-state index contributed by atoms with van der Waals surface area (Å²) in [5.41, 5.74) is 5.58. The molecule has 8 aromatic rings. The smallest absolute Gasteiger partial charge is 0.537 e. The summed E-state index contributed by atoms with van der Waals surface area (Å²) in [5.74, 6) is 0.201. The number of aromatic nitrogens is 8. The summed E-state index contributed by atoms with van der Waals surface area (Å²) in [6.45, 7) is 6.04. The summed E-state index contributed by atoms with van der Waals surface area (Å²) in [5, 5.41) is 15.4. The van der Waals surface area contributed by atoms with Crippen LogP contribution in [0.5, 0.6) is 11.5 Å². The standard InChI is InChI=1S/2C18H16FN2O.C8H5F3N4.Ir/c2*1-2-22-18-12-15(19)8-9-16(18)17-10-11-21(20-17)13-14-6-4-3-5-7-14;9-8(10,11)15-5-7(13-14-15)6-3-1-2-4-12-6;/h2*3-8,10-12H,2,13H2,1H3;1-5H;/q2*-1;;+3. The zero-order valence-corrected chi connectivity index (χ0v) is 34.6. The van der Waals surface area contributed by atoms with Gasteiger partial charge in [-0.15, -0.1) is 42.5 Å². The van der Waals surface area contributed by atoms with Crippen LogP contribution in [0.2, 0.25) is 0 Å². The number of nitrogens with zero attached hydrogens (tertiary/aromatic N) is 8. The van der Waals surface area contributed by atoms with Gasteiger partial charge in [-0.3, -0.25) is 23.1 Å². The van der Waals surface area contributed by atoms with E-state index in [1.165, 1.54) is 41.6 Å². The van der Waals surface area contributed by atoms with E-state index in [4.69, 9.17) is 9.47 Å². The van der Waals surface area contributed by atoms with E-state index in [0.29, 0.717) is 54.6 Å². The molecule has 4 aromatic carbocycles. The molecule has 0 spiro atoms. The summed E-state index contributed by atoms with van der Waals surface area (Å²) >= 11 is 0. The van der Waals surface area contributed by atoms with E-state index in [1.54, 1.807) is 18.2 Å². The van der Waals surface area contributed by atoms with Gasteiger partial charge in [0, 0.05) is 53.1 Å². The Kier molecular flexibility index (Phi) is 16.0. The Morgan fingerprint density at radius 2 is 1.15 bits per heavy atom. The summed E-state index contributed by atoms with van der Waals surface area (Å²) in [4.78, 5) is 3.86. The average Bonchev–Trinajstić information content (AvgIpc) is 4.03. The van der Waals surface area contributed by atoms with Crippen LogP contribution >= 0.6 is 0 Å². The van der Waals surface area contributed by atoms with Gasteiger partial charge in [-0.2, -0.15) is 4.68 Å². The van der Waals surface area contributed by atoms with Gasteiger partial charge in [0.2, 0.25) is 0 Å². The minimum absolute atomic E-state index is 0. The Bertz CT molecular complexity index is 2380. The molecule has 0 aliphatic heterocycles. The number of halogens is 5. The van der Waals surface area contributed by atoms with Crippen molar-refractivity contribution < 1.29 is 56.2 Å². The predicted molar refractivity (Wildman–Crippen MR) is 209 cm³/mol. The van der Waals surface area contributed by atoms with E-state index in [9.17, 15) is 22.0 Å².